The molecule has 2 bridgehead atoms. The molecule has 1 aliphatic heterocycles. The summed E-state index contributed by atoms with van der Waals surface area (Å²) >= 11 is 0. The Balaban J connectivity index is 1.36. The standard InChI is InChI=1S/C19H28N4O2/c20-18-13-2-1-3-14(18)11-15(10-13)19(24)22-16-4-5-17(21-12-16)23-6-8-25-9-7-23/h4-5,12-15,18H,1-3,6-11,20H2,(H,22,24). The fourth-order valence-electron chi connectivity index (χ4n) is 4.69. The van der Waals surface area contributed by atoms with Crippen LogP contribution in [-0.2, 0) is 9.53 Å². The molecular formula is C19H28N4O2. The third kappa shape index (κ3) is 3.65. The largest absolute Gasteiger partial charge is 0.378 e. The van der Waals surface area contributed by atoms with Crippen molar-refractivity contribution in [2.24, 2.45) is 23.5 Å². The zero-order valence-electron chi connectivity index (χ0n) is 14.7. The highest BCUT2D eigenvalue weighted by Gasteiger charge is 2.40. The maximum atomic E-state index is 12.7. The van der Waals surface area contributed by atoms with E-state index in [1.165, 1.54) is 19.3 Å². The van der Waals surface area contributed by atoms with Crippen molar-refractivity contribution >= 4 is 17.4 Å². The molecule has 25 heavy (non-hydrogen) atoms. The van der Waals surface area contributed by atoms with Gasteiger partial charge in [0, 0.05) is 25.0 Å². The van der Waals surface area contributed by atoms with Gasteiger partial charge < -0.3 is 20.7 Å². The number of nitrogens with two attached hydrogens (primary N) is 1. The number of nitrogens with zero attached hydrogens (tertiary/aromatic N) is 2. The van der Waals surface area contributed by atoms with E-state index in [4.69, 9.17) is 10.5 Å². The molecule has 0 spiro atoms. The Morgan fingerprint density at radius 2 is 1.92 bits per heavy atom. The van der Waals surface area contributed by atoms with Gasteiger partial charge in [0.2, 0.25) is 5.91 Å². The summed E-state index contributed by atoms with van der Waals surface area (Å²) < 4.78 is 5.37. The molecule has 0 aromatic carbocycles. The van der Waals surface area contributed by atoms with Crippen molar-refractivity contribution < 1.29 is 9.53 Å². The fourth-order valence-corrected chi connectivity index (χ4v) is 4.69. The Labute approximate surface area is 149 Å². The van der Waals surface area contributed by atoms with Gasteiger partial charge in [-0.2, -0.15) is 0 Å². The molecule has 6 nitrogen and oxygen atoms in total. The first kappa shape index (κ1) is 16.8. The van der Waals surface area contributed by atoms with Crippen LogP contribution in [0.4, 0.5) is 11.5 Å². The Hall–Kier alpha value is -1.66. The van der Waals surface area contributed by atoms with Crippen LogP contribution in [0, 0.1) is 17.8 Å². The summed E-state index contributed by atoms with van der Waals surface area (Å²) in [6.45, 7) is 3.21. The van der Waals surface area contributed by atoms with Gasteiger partial charge in [0.05, 0.1) is 25.1 Å². The van der Waals surface area contributed by atoms with Gasteiger partial charge >= 0.3 is 0 Å². The van der Waals surface area contributed by atoms with E-state index >= 15 is 0 Å². The van der Waals surface area contributed by atoms with E-state index in [1.807, 2.05) is 12.1 Å². The maximum absolute atomic E-state index is 12.7. The molecule has 1 aromatic rings. The number of carbonyl (C=O) groups excluding carboxylic acids is 1. The Kier molecular flexibility index (Phi) is 4.90. The Morgan fingerprint density at radius 3 is 2.56 bits per heavy atom. The molecule has 2 aliphatic carbocycles. The second-order valence-corrected chi connectivity index (χ2v) is 7.69. The molecule has 3 aliphatic rings. The molecule has 1 amide bonds. The summed E-state index contributed by atoms with van der Waals surface area (Å²) in [4.78, 5) is 19.4. The smallest absolute Gasteiger partial charge is 0.227 e. The average Bonchev–Trinajstić information content (AvgIpc) is 2.63. The molecule has 2 heterocycles. The second kappa shape index (κ2) is 7.30. The van der Waals surface area contributed by atoms with E-state index in [2.05, 4.69) is 15.2 Å². The van der Waals surface area contributed by atoms with Crippen molar-refractivity contribution in [2.75, 3.05) is 36.5 Å². The molecule has 1 saturated heterocycles. The highest BCUT2D eigenvalue weighted by atomic mass is 16.5. The summed E-state index contributed by atoms with van der Waals surface area (Å²) in [7, 11) is 0. The quantitative estimate of drug-likeness (QED) is 0.877. The molecular weight excluding hydrogens is 316 g/mol. The lowest BCUT2D eigenvalue weighted by atomic mass is 9.65. The highest BCUT2D eigenvalue weighted by Crippen LogP contribution is 2.42. The van der Waals surface area contributed by atoms with Crippen LogP contribution in [0.3, 0.4) is 0 Å². The van der Waals surface area contributed by atoms with E-state index in [1.54, 1.807) is 6.20 Å². The van der Waals surface area contributed by atoms with Gasteiger partial charge in [-0.3, -0.25) is 4.79 Å². The van der Waals surface area contributed by atoms with Gasteiger partial charge in [-0.1, -0.05) is 6.42 Å². The van der Waals surface area contributed by atoms with Crippen LogP contribution in [0.25, 0.3) is 0 Å². The number of pyridine rings is 1. The van der Waals surface area contributed by atoms with Gasteiger partial charge in [0.15, 0.2) is 0 Å². The normalized spacial score (nSPS) is 32.3. The summed E-state index contributed by atoms with van der Waals surface area (Å²) in [6, 6.07) is 4.23. The summed E-state index contributed by atoms with van der Waals surface area (Å²) in [5.41, 5.74) is 7.11. The molecule has 2 atom stereocenters. The minimum absolute atomic E-state index is 0.0917. The highest BCUT2D eigenvalue weighted by molar-refractivity contribution is 5.92. The van der Waals surface area contributed by atoms with Gasteiger partial charge in [0.25, 0.3) is 0 Å². The van der Waals surface area contributed by atoms with E-state index in [0.717, 1.165) is 50.7 Å². The number of fused-ring (bicyclic) bond motifs is 2. The molecule has 2 saturated carbocycles. The Bertz CT molecular complexity index is 586. The number of carbonyl (C=O) groups is 1. The van der Waals surface area contributed by atoms with E-state index in [0.29, 0.717) is 17.9 Å². The lowest BCUT2D eigenvalue weighted by Crippen LogP contribution is -2.48. The third-order valence-electron chi connectivity index (χ3n) is 6.13. The van der Waals surface area contributed by atoms with Crippen molar-refractivity contribution in [1.29, 1.82) is 0 Å². The van der Waals surface area contributed by atoms with Crippen LogP contribution < -0.4 is 16.0 Å². The monoisotopic (exact) mass is 344 g/mol. The van der Waals surface area contributed by atoms with Crippen LogP contribution in [0.1, 0.15) is 32.1 Å². The second-order valence-electron chi connectivity index (χ2n) is 7.69. The number of aromatic nitrogens is 1. The number of hydrogen-bond donors (Lipinski definition) is 2. The minimum atomic E-state index is 0.0917. The number of ether oxygens (including phenoxy) is 1. The number of amides is 1. The predicted octanol–water partition coefficient (Wildman–Crippen LogP) is 2.01. The predicted molar refractivity (Wildman–Crippen MR) is 97.4 cm³/mol. The SMILES string of the molecule is NC1C2CCCC1CC(C(=O)Nc1ccc(N3CCOCC3)nc1)C2. The van der Waals surface area contributed by atoms with Crippen LogP contribution in [-0.4, -0.2) is 43.2 Å². The maximum Gasteiger partial charge on any atom is 0.227 e. The molecule has 136 valence electrons. The molecule has 3 fully saturated rings. The van der Waals surface area contributed by atoms with Gasteiger partial charge in [-0.25, -0.2) is 4.98 Å². The summed E-state index contributed by atoms with van der Waals surface area (Å²) in [5, 5.41) is 3.06. The molecule has 6 heteroatoms. The van der Waals surface area contributed by atoms with Crippen LogP contribution >= 0.6 is 0 Å². The van der Waals surface area contributed by atoms with Crippen LogP contribution in [0.5, 0.6) is 0 Å². The topological polar surface area (TPSA) is 80.5 Å². The van der Waals surface area contributed by atoms with Crippen molar-refractivity contribution in [1.82, 2.24) is 4.98 Å². The van der Waals surface area contributed by atoms with Crippen molar-refractivity contribution in [3.05, 3.63) is 18.3 Å². The van der Waals surface area contributed by atoms with Crippen molar-refractivity contribution in [2.45, 2.75) is 38.1 Å². The van der Waals surface area contributed by atoms with E-state index in [9.17, 15) is 4.79 Å². The number of rotatable bonds is 3. The molecule has 0 radical (unpaired) electrons. The van der Waals surface area contributed by atoms with Gasteiger partial charge in [0.1, 0.15) is 5.82 Å². The molecule has 2 unspecified atom stereocenters. The number of nitrogens with one attached hydrogen (secondary N) is 1. The van der Waals surface area contributed by atoms with Gasteiger partial charge in [-0.15, -0.1) is 0 Å². The summed E-state index contributed by atoms with van der Waals surface area (Å²) in [5.74, 6) is 2.20. The zero-order valence-corrected chi connectivity index (χ0v) is 14.7. The fraction of sp³-hybridized carbons (Fsp3) is 0.684. The first-order chi connectivity index (χ1) is 12.2. The third-order valence-corrected chi connectivity index (χ3v) is 6.13. The number of morpholine rings is 1. The first-order valence-corrected chi connectivity index (χ1v) is 9.56. The molecule has 1 aromatic heterocycles. The van der Waals surface area contributed by atoms with Crippen molar-refractivity contribution in [3.63, 3.8) is 0 Å². The first-order valence-electron chi connectivity index (χ1n) is 9.56. The van der Waals surface area contributed by atoms with Crippen LogP contribution in [0.15, 0.2) is 18.3 Å². The number of anilines is 2. The van der Waals surface area contributed by atoms with E-state index in [-0.39, 0.29) is 11.8 Å². The molecule has 4 rings (SSSR count). The summed E-state index contributed by atoms with van der Waals surface area (Å²) in [6.07, 6.45) is 7.25. The zero-order chi connectivity index (χ0) is 17.2. The van der Waals surface area contributed by atoms with E-state index < -0.39 is 0 Å². The van der Waals surface area contributed by atoms with Gasteiger partial charge in [-0.05, 0) is 49.7 Å². The minimum Gasteiger partial charge on any atom is -0.378 e. The Morgan fingerprint density at radius 1 is 1.20 bits per heavy atom. The number of hydrogen-bond acceptors (Lipinski definition) is 5. The lowest BCUT2D eigenvalue weighted by Gasteiger charge is -2.43. The molecule has 3 N–H and O–H groups in total. The van der Waals surface area contributed by atoms with Crippen molar-refractivity contribution in [3.8, 4) is 0 Å². The van der Waals surface area contributed by atoms with Crippen LogP contribution in [0.2, 0.25) is 0 Å². The lowest BCUT2D eigenvalue weighted by molar-refractivity contribution is -0.122. The average molecular weight is 344 g/mol.